The highest BCUT2D eigenvalue weighted by Crippen LogP contribution is 2.15. The Labute approximate surface area is 376 Å². The summed E-state index contributed by atoms with van der Waals surface area (Å²) in [5.41, 5.74) is 0. The van der Waals surface area contributed by atoms with Gasteiger partial charge in [-0.25, -0.2) is 0 Å². The monoisotopic (exact) mass is 858 g/mol. The van der Waals surface area contributed by atoms with Crippen molar-refractivity contribution in [3.8, 4) is 0 Å². The maximum Gasteiger partial charge on any atom is 0.306 e. The number of unbranched alkanes of at least 4 members (excludes halogenated alkanes) is 23. The third kappa shape index (κ3) is 42.4. The van der Waals surface area contributed by atoms with Crippen molar-refractivity contribution < 1.29 is 38.2 Å². The van der Waals surface area contributed by atoms with Gasteiger partial charge in [-0.2, -0.15) is 0 Å². The molecule has 0 saturated heterocycles. The zero-order valence-corrected chi connectivity index (χ0v) is 40.3. The van der Waals surface area contributed by atoms with E-state index in [0.29, 0.717) is 12.8 Å². The van der Waals surface area contributed by atoms with Gasteiger partial charge in [-0.1, -0.05) is 178 Å². The van der Waals surface area contributed by atoms with Gasteiger partial charge in [0.2, 0.25) is 0 Å². The number of carbonyl (C=O) groups is 3. The van der Waals surface area contributed by atoms with Crippen molar-refractivity contribution in [2.45, 2.75) is 231 Å². The summed E-state index contributed by atoms with van der Waals surface area (Å²) in [6, 6.07) is -0.728. The number of carboxylic acid groups (broad SMARTS) is 1. The lowest BCUT2D eigenvalue weighted by Gasteiger charge is -2.34. The minimum Gasteiger partial charge on any atom is -0.544 e. The van der Waals surface area contributed by atoms with Gasteiger partial charge in [-0.15, -0.1) is 0 Å². The van der Waals surface area contributed by atoms with Crippen LogP contribution in [-0.4, -0.2) is 75.5 Å². The van der Waals surface area contributed by atoms with Crippen molar-refractivity contribution >= 4 is 17.9 Å². The van der Waals surface area contributed by atoms with Gasteiger partial charge in [0.25, 0.3) is 0 Å². The first kappa shape index (κ1) is 58.3. The number of ether oxygens (including phenoxy) is 3. The van der Waals surface area contributed by atoms with Crippen LogP contribution in [0.1, 0.15) is 219 Å². The Morgan fingerprint density at radius 1 is 0.508 bits per heavy atom. The smallest absolute Gasteiger partial charge is 0.306 e. The Bertz CT molecular complexity index is 1140. The van der Waals surface area contributed by atoms with Crippen LogP contribution in [0, 0.1) is 0 Å². The summed E-state index contributed by atoms with van der Waals surface area (Å²) in [6.07, 6.45) is 52.8. The summed E-state index contributed by atoms with van der Waals surface area (Å²) in [5, 5.41) is 11.7. The van der Waals surface area contributed by atoms with E-state index < -0.39 is 18.1 Å². The molecule has 2 unspecified atom stereocenters. The second-order valence-corrected chi connectivity index (χ2v) is 18.0. The van der Waals surface area contributed by atoms with E-state index in [0.717, 1.165) is 70.6 Å². The summed E-state index contributed by atoms with van der Waals surface area (Å²) in [6.45, 7) is 4.55. The van der Waals surface area contributed by atoms with Crippen molar-refractivity contribution in [2.75, 3.05) is 41.0 Å². The first-order valence-electron chi connectivity index (χ1n) is 25.2. The third-order valence-corrected chi connectivity index (χ3v) is 11.2. The van der Waals surface area contributed by atoms with E-state index >= 15 is 0 Å². The van der Waals surface area contributed by atoms with Crippen LogP contribution in [0.3, 0.4) is 0 Å². The molecule has 0 aliphatic heterocycles. The van der Waals surface area contributed by atoms with Crippen molar-refractivity contribution in [1.29, 1.82) is 0 Å². The van der Waals surface area contributed by atoms with E-state index in [1.165, 1.54) is 116 Å². The van der Waals surface area contributed by atoms with Gasteiger partial charge in [-0.3, -0.25) is 9.59 Å². The fraction of sp³-hybridized carbons (Fsp3) is 0.792. The average Bonchev–Trinajstić information content (AvgIpc) is 3.22. The first-order chi connectivity index (χ1) is 29.6. The number of hydrogen-bond donors (Lipinski definition) is 0. The third-order valence-electron chi connectivity index (χ3n) is 11.2. The van der Waals surface area contributed by atoms with Crippen LogP contribution in [0.4, 0.5) is 0 Å². The summed E-state index contributed by atoms with van der Waals surface area (Å²) < 4.78 is 17.2. The summed E-state index contributed by atoms with van der Waals surface area (Å²) in [4.78, 5) is 37.0. The molecule has 0 aliphatic rings. The number of carbonyl (C=O) groups excluding carboxylic acids is 3. The van der Waals surface area contributed by atoms with Crippen LogP contribution in [0.15, 0.2) is 48.6 Å². The maximum absolute atomic E-state index is 12.8. The molecule has 0 radical (unpaired) electrons. The van der Waals surface area contributed by atoms with Gasteiger partial charge < -0.3 is 28.6 Å². The fourth-order valence-electron chi connectivity index (χ4n) is 7.32. The predicted octanol–water partition coefficient (Wildman–Crippen LogP) is 13.0. The largest absolute Gasteiger partial charge is 0.544 e. The SMILES string of the molecule is CC/C=C/C/C=C/C/C=C/CCCCCCCCCCCCCCCC(=O)OC(COCCC(C(=O)[O-])[N+](C)(C)C)COC(=O)CCCCC/C=C/CCCCCCCCC. The Kier molecular flexibility index (Phi) is 42.0. The fourth-order valence-corrected chi connectivity index (χ4v) is 7.32. The van der Waals surface area contributed by atoms with Gasteiger partial charge >= 0.3 is 11.9 Å². The molecule has 0 N–H and O–H groups in total. The minimum atomic E-state index is -1.13. The van der Waals surface area contributed by atoms with Crippen LogP contribution in [0.2, 0.25) is 0 Å². The second kappa shape index (κ2) is 43.9. The summed E-state index contributed by atoms with van der Waals surface area (Å²) in [5.74, 6) is -1.75. The number of hydrogen-bond acceptors (Lipinski definition) is 7. The van der Waals surface area contributed by atoms with Crippen molar-refractivity contribution in [3.05, 3.63) is 48.6 Å². The summed E-state index contributed by atoms with van der Waals surface area (Å²) in [7, 11) is 5.41. The highest BCUT2D eigenvalue weighted by Gasteiger charge is 2.25. The number of carboxylic acids is 1. The van der Waals surface area contributed by atoms with Gasteiger partial charge in [0.05, 0.1) is 40.3 Å². The Morgan fingerprint density at radius 3 is 1.39 bits per heavy atom. The average molecular weight is 858 g/mol. The molecule has 0 aromatic heterocycles. The Balaban J connectivity index is 4.22. The van der Waals surface area contributed by atoms with E-state index in [1.54, 1.807) is 21.1 Å². The van der Waals surface area contributed by atoms with Crippen LogP contribution in [-0.2, 0) is 28.6 Å². The highest BCUT2D eigenvalue weighted by molar-refractivity contribution is 5.70. The highest BCUT2D eigenvalue weighted by atomic mass is 16.6. The van der Waals surface area contributed by atoms with Crippen LogP contribution in [0.5, 0.6) is 0 Å². The quantitative estimate of drug-likeness (QED) is 0.0260. The second-order valence-electron chi connectivity index (χ2n) is 18.0. The van der Waals surface area contributed by atoms with Crippen LogP contribution in [0.25, 0.3) is 0 Å². The molecule has 0 fully saturated rings. The molecule has 0 aliphatic carbocycles. The van der Waals surface area contributed by atoms with Crippen molar-refractivity contribution in [3.63, 3.8) is 0 Å². The number of esters is 2. The van der Waals surface area contributed by atoms with Crippen molar-refractivity contribution in [1.82, 2.24) is 0 Å². The number of aliphatic carboxylic acids is 1. The molecule has 61 heavy (non-hydrogen) atoms. The van der Waals surface area contributed by atoms with Gasteiger partial charge in [0.15, 0.2) is 6.10 Å². The number of nitrogens with zero attached hydrogens (tertiary/aromatic N) is 1. The predicted molar refractivity (Wildman–Crippen MR) is 254 cm³/mol. The zero-order valence-electron chi connectivity index (χ0n) is 40.3. The van der Waals surface area contributed by atoms with Crippen LogP contribution >= 0.6 is 0 Å². The van der Waals surface area contributed by atoms with Gasteiger partial charge in [-0.05, 0) is 70.6 Å². The molecular formula is C53H95NO7. The zero-order chi connectivity index (χ0) is 44.9. The molecule has 0 saturated carbocycles. The van der Waals surface area contributed by atoms with E-state index in [-0.39, 0.29) is 42.7 Å². The Morgan fingerprint density at radius 2 is 0.918 bits per heavy atom. The molecule has 8 nitrogen and oxygen atoms in total. The summed E-state index contributed by atoms with van der Waals surface area (Å²) >= 11 is 0. The van der Waals surface area contributed by atoms with Gasteiger partial charge in [0, 0.05) is 19.3 Å². The normalized spacial score (nSPS) is 13.3. The molecule has 0 heterocycles. The standard InChI is InChI=1S/C53H95NO7/c1-6-8-10-12-14-16-18-20-22-23-24-25-26-27-28-29-30-32-34-36-38-40-42-44-52(56)61-49(47-59-46-45-50(53(57)58)54(3,4)5)48-60-51(55)43-41-39-37-35-33-31-21-19-17-15-13-11-9-7-2/h8,10,14,16,20,22,31,33,49-50H,6-7,9,11-13,15,17-19,21,23-30,32,34-48H2,1-5H3/b10-8+,16-14+,22-20+,33-31+. The molecule has 8 heteroatoms. The number of quaternary nitrogens is 1. The molecule has 0 rings (SSSR count). The lowest BCUT2D eigenvalue weighted by molar-refractivity contribution is -0.889. The lowest BCUT2D eigenvalue weighted by Crippen LogP contribution is -2.55. The topological polar surface area (TPSA) is 102 Å². The number of rotatable bonds is 45. The molecule has 354 valence electrons. The molecule has 0 aromatic carbocycles. The molecule has 0 aromatic rings. The first-order valence-corrected chi connectivity index (χ1v) is 25.2. The van der Waals surface area contributed by atoms with E-state index in [4.69, 9.17) is 14.2 Å². The maximum atomic E-state index is 12.8. The van der Waals surface area contributed by atoms with Crippen LogP contribution < -0.4 is 5.11 Å². The minimum absolute atomic E-state index is 0.0366. The number of allylic oxidation sites excluding steroid dienone is 8. The lowest BCUT2D eigenvalue weighted by atomic mass is 10.0. The van der Waals surface area contributed by atoms with Crippen molar-refractivity contribution in [2.24, 2.45) is 0 Å². The van der Waals surface area contributed by atoms with E-state index in [9.17, 15) is 19.5 Å². The molecule has 0 spiro atoms. The van der Waals surface area contributed by atoms with E-state index in [1.807, 2.05) is 0 Å². The molecular weight excluding hydrogens is 763 g/mol. The van der Waals surface area contributed by atoms with Gasteiger partial charge in [0.1, 0.15) is 12.6 Å². The van der Waals surface area contributed by atoms with E-state index in [2.05, 4.69) is 62.5 Å². The Hall–Kier alpha value is -2.71. The molecule has 0 bridgehead atoms. The molecule has 2 atom stereocenters. The number of likely N-dealkylation sites (N-methyl/N-ethyl adjacent to an activating group) is 1. The molecule has 0 amide bonds.